The second-order valence-electron chi connectivity index (χ2n) is 19.7. The standard InChI is InChI=1S/C15H12N4.C10H10N4.C9H9BN4.2C9H8N4/c1-2-5-11(6-3-1)14-16-12-9-17-7-4-8-18-10-19(14)13(12)15(17)18;1-7-11-8-5-12-3-2-4-13-6-14(7)9(8)10(12)13;1-7-5-8-9-12(6-14(8)11-7)3-2-4-13(9)10;1-2-11-4-7-8-9(11)12(3-1)6-13(8)5-10-7;1-2-11-5-7-4-10-13-6-12(3-1)9(11)8(7)13/h1-8H,9-10H2;2-4H,5-6H2,1H3;2-5H,6H2,1H3;1-3,5H,4,6H2;1-4H,5-6H2/q5*+2. The van der Waals surface area contributed by atoms with Crippen molar-refractivity contribution in [1.29, 1.82) is 0 Å². The van der Waals surface area contributed by atoms with E-state index in [1.54, 1.807) is 4.48 Å². The Morgan fingerprint density at radius 3 is 1.77 bits per heavy atom. The van der Waals surface area contributed by atoms with Crippen molar-refractivity contribution in [2.45, 2.75) is 73.4 Å². The van der Waals surface area contributed by atoms with Gasteiger partial charge in [-0.25, -0.2) is 19.4 Å². The number of fused-ring (bicyclic) bond motifs is 3. The van der Waals surface area contributed by atoms with Gasteiger partial charge in [0.2, 0.25) is 61.8 Å². The van der Waals surface area contributed by atoms with Gasteiger partial charge in [-0.3, -0.25) is 13.7 Å². The molecule has 20 nitrogen and oxygen atoms in total. The van der Waals surface area contributed by atoms with Crippen molar-refractivity contribution in [3.63, 3.8) is 0 Å². The maximum Gasteiger partial charge on any atom is 0.592 e. The monoisotopic (exact) mass is 962 g/mol. The van der Waals surface area contributed by atoms with Crippen LogP contribution in [0.1, 0.15) is 34.2 Å². The highest BCUT2D eigenvalue weighted by Crippen LogP contribution is 2.33. The first-order valence-electron chi connectivity index (χ1n) is 24.6. The van der Waals surface area contributed by atoms with Crippen LogP contribution >= 0.6 is 0 Å². The van der Waals surface area contributed by atoms with Crippen LogP contribution in [0.4, 0.5) is 0 Å². The van der Waals surface area contributed by atoms with Crippen LogP contribution in [0, 0.1) is 13.8 Å². The topological polar surface area (TPSA) is 128 Å². The van der Waals surface area contributed by atoms with E-state index in [1.807, 2.05) is 54.7 Å². The van der Waals surface area contributed by atoms with E-state index < -0.39 is 0 Å². The Labute approximate surface area is 418 Å². The summed E-state index contributed by atoms with van der Waals surface area (Å²) in [4.78, 5) is 13.8. The average Bonchev–Trinajstić information content (AvgIpc) is 4.22. The number of hydrogen-bond donors (Lipinski definition) is 0. The molecule has 0 N–H and O–H groups in total. The van der Waals surface area contributed by atoms with Gasteiger partial charge in [0.05, 0.1) is 47.8 Å². The van der Waals surface area contributed by atoms with Crippen LogP contribution in [0.3, 0.4) is 0 Å². The Balaban J connectivity index is 0.0000000786. The predicted octanol–water partition coefficient (Wildman–Crippen LogP) is -1.62. The molecule has 2 radical (unpaired) electrons. The molecule has 348 valence electrons. The van der Waals surface area contributed by atoms with Gasteiger partial charge in [0.15, 0.2) is 88.1 Å². The fraction of sp³-hybridized carbons (Fsp3) is 0.212. The van der Waals surface area contributed by atoms with Gasteiger partial charge in [0, 0.05) is 11.6 Å². The van der Waals surface area contributed by atoms with Gasteiger partial charge < -0.3 is 0 Å². The van der Waals surface area contributed by atoms with E-state index in [2.05, 4.69) is 185 Å². The molecule has 0 fully saturated rings. The lowest BCUT2D eigenvalue weighted by Gasteiger charge is -2.00. The summed E-state index contributed by atoms with van der Waals surface area (Å²) in [6.45, 7) is 12.1. The number of aromatic nitrogens is 20. The minimum atomic E-state index is 0.747. The van der Waals surface area contributed by atoms with Crippen molar-refractivity contribution in [3.05, 3.63) is 175 Å². The molecule has 73 heavy (non-hydrogen) atoms. The molecule has 21 heteroatoms. The Bertz CT molecular complexity index is 4000. The molecule has 9 aliphatic heterocycles. The molecule has 10 aromatic heterocycles. The molecular formula is C52H47BN20+10. The summed E-state index contributed by atoms with van der Waals surface area (Å²) in [7, 11) is 5.85. The normalized spacial score (nSPS) is 14.3. The third-order valence-corrected chi connectivity index (χ3v) is 15.2. The molecule has 0 spiro atoms. The molecule has 9 aliphatic rings. The number of benzene rings is 1. The Morgan fingerprint density at radius 1 is 0.493 bits per heavy atom. The second-order valence-corrected chi connectivity index (χ2v) is 19.7. The fourth-order valence-corrected chi connectivity index (χ4v) is 12.2. The highest BCUT2D eigenvalue weighted by molar-refractivity contribution is 5.95. The van der Waals surface area contributed by atoms with Crippen LogP contribution in [0.2, 0.25) is 0 Å². The number of imidazole rings is 3. The molecule has 0 amide bonds. The van der Waals surface area contributed by atoms with Crippen molar-refractivity contribution < 1.29 is 45.6 Å². The molecule has 11 aromatic rings. The zero-order valence-corrected chi connectivity index (χ0v) is 40.2. The first-order valence-corrected chi connectivity index (χ1v) is 24.6. The number of rotatable bonds is 1. The van der Waals surface area contributed by atoms with Gasteiger partial charge >= 0.3 is 37.1 Å². The first kappa shape index (κ1) is 40.5. The number of nitrogens with zero attached hydrogens (tertiary/aromatic N) is 20. The molecule has 0 atom stereocenters. The minimum Gasteiger partial charge on any atom is -0.261 e. The lowest BCUT2D eigenvalue weighted by atomic mass is 10.2. The Morgan fingerprint density at radius 2 is 1.04 bits per heavy atom. The van der Waals surface area contributed by atoms with Gasteiger partial charge in [-0.15, -0.1) is 41.1 Å². The second kappa shape index (κ2) is 14.9. The van der Waals surface area contributed by atoms with Gasteiger partial charge in [0.25, 0.3) is 0 Å². The molecule has 0 bridgehead atoms. The lowest BCUT2D eigenvalue weighted by Crippen LogP contribution is -2.47. The van der Waals surface area contributed by atoms with Gasteiger partial charge in [0.1, 0.15) is 35.1 Å². The van der Waals surface area contributed by atoms with Crippen molar-refractivity contribution in [1.82, 2.24) is 48.2 Å². The van der Waals surface area contributed by atoms with Crippen LogP contribution in [0.25, 0.3) is 69.0 Å². The summed E-state index contributed by atoms with van der Waals surface area (Å²) in [5, 5.41) is 8.71. The quantitative estimate of drug-likeness (QED) is 0.145. The van der Waals surface area contributed by atoms with E-state index in [9.17, 15) is 0 Å². The molecule has 0 saturated heterocycles. The fourth-order valence-electron chi connectivity index (χ4n) is 12.2. The first-order chi connectivity index (χ1) is 35.9. The third kappa shape index (κ3) is 5.86. The highest BCUT2D eigenvalue weighted by atomic mass is 15.4. The van der Waals surface area contributed by atoms with E-state index in [0.29, 0.717) is 0 Å². The van der Waals surface area contributed by atoms with Crippen molar-refractivity contribution >= 4 is 7.98 Å². The van der Waals surface area contributed by atoms with Crippen LogP contribution in [0.15, 0.2) is 141 Å². The predicted molar refractivity (Wildman–Crippen MR) is 250 cm³/mol. The summed E-state index contributed by atoms with van der Waals surface area (Å²) in [5.41, 5.74) is 13.5. The van der Waals surface area contributed by atoms with Crippen LogP contribution in [-0.4, -0.2) is 56.2 Å². The summed E-state index contributed by atoms with van der Waals surface area (Å²) in [5.74, 6) is 8.40. The molecular weight excluding hydrogens is 916 g/mol. The maximum atomic E-state index is 5.85. The van der Waals surface area contributed by atoms with Crippen molar-refractivity contribution in [3.8, 4) is 69.0 Å². The highest BCUT2D eigenvalue weighted by Gasteiger charge is 2.49. The minimum absolute atomic E-state index is 0.747. The molecule has 0 aliphatic carbocycles. The maximum absolute atomic E-state index is 5.85. The Kier molecular flexibility index (Phi) is 8.25. The van der Waals surface area contributed by atoms with Gasteiger partial charge in [-0.1, -0.05) is 30.3 Å². The molecule has 0 saturated carbocycles. The zero-order valence-electron chi connectivity index (χ0n) is 40.2. The van der Waals surface area contributed by atoms with Gasteiger partial charge in [-0.05, 0) is 13.8 Å². The van der Waals surface area contributed by atoms with E-state index in [-0.39, 0.29) is 0 Å². The van der Waals surface area contributed by atoms with Crippen molar-refractivity contribution in [2.24, 2.45) is 0 Å². The summed E-state index contributed by atoms with van der Waals surface area (Å²) in [6, 6.07) is 22.8. The summed E-state index contributed by atoms with van der Waals surface area (Å²) < 4.78 is 32.6. The number of hydrogen-bond acceptors (Lipinski definition) is 5. The van der Waals surface area contributed by atoms with E-state index in [1.165, 1.54) is 74.3 Å². The third-order valence-electron chi connectivity index (χ3n) is 15.2. The van der Waals surface area contributed by atoms with E-state index >= 15 is 0 Å². The smallest absolute Gasteiger partial charge is 0.261 e. The summed E-state index contributed by atoms with van der Waals surface area (Å²) in [6.07, 6.45) is 24.7. The van der Waals surface area contributed by atoms with Gasteiger partial charge in [-0.2, -0.15) is 19.6 Å². The zero-order chi connectivity index (χ0) is 48.2. The number of aryl methyl sites for hydroxylation is 2. The largest absolute Gasteiger partial charge is 0.592 e. The van der Waals surface area contributed by atoms with E-state index in [4.69, 9.17) is 13.0 Å². The Hall–Kier alpha value is -9.27. The van der Waals surface area contributed by atoms with Crippen LogP contribution in [0.5, 0.6) is 0 Å². The summed E-state index contributed by atoms with van der Waals surface area (Å²) >= 11 is 0. The van der Waals surface area contributed by atoms with Crippen LogP contribution in [-0.2, 0) is 59.5 Å². The molecule has 20 rings (SSSR count). The van der Waals surface area contributed by atoms with Crippen molar-refractivity contribution in [2.75, 3.05) is 0 Å². The molecule has 0 unspecified atom stereocenters. The SMILES string of the molecule is Cc1nc2c3n1C[n+]1ccc[n+](c1-3)C2.[B][n+]1ccc[n+]2c1-c1cc(C)nn1C2.c1c[n+]2c3[n+](c1)Cn1cnc(c1-3)C2.c1c[n+]2c3[n+](c1)Cn1ncc(c1-3)C2.c1ccc(-c2nc3c4n2C[n+]2ccc[n+](c2-4)C3)cc1. The van der Waals surface area contributed by atoms with E-state index in [0.717, 1.165) is 88.4 Å². The molecule has 19 heterocycles. The lowest BCUT2D eigenvalue weighted by molar-refractivity contribution is -0.796. The van der Waals surface area contributed by atoms with Crippen LogP contribution < -0.4 is 45.6 Å². The molecule has 1 aromatic carbocycles. The average molecular weight is 963 g/mol.